The van der Waals surface area contributed by atoms with E-state index < -0.39 is 10.8 Å². The summed E-state index contributed by atoms with van der Waals surface area (Å²) in [5.74, 6) is -0.795. The summed E-state index contributed by atoms with van der Waals surface area (Å²) in [6, 6.07) is 12.1. The number of hydrogen-bond donors (Lipinski definition) is 1. The highest BCUT2D eigenvalue weighted by molar-refractivity contribution is 5.92. The standard InChI is InChI=1S/C15H15N3O4/c16-12-9-17(8-11(12)10-4-2-1-3-5-10)15(19)13-6-7-14(22-13)18(20)21/h1-7,11-12H,8-9,16H2/t11-,12+/m0/s1. The lowest BCUT2D eigenvalue weighted by Gasteiger charge is -2.15. The number of nitrogens with two attached hydrogens (primary N) is 1. The summed E-state index contributed by atoms with van der Waals surface area (Å²) in [5, 5.41) is 10.6. The van der Waals surface area contributed by atoms with Gasteiger partial charge in [0.25, 0.3) is 5.91 Å². The average molecular weight is 301 g/mol. The van der Waals surface area contributed by atoms with E-state index in [1.807, 2.05) is 30.3 Å². The number of amides is 1. The number of benzene rings is 1. The summed E-state index contributed by atoms with van der Waals surface area (Å²) in [4.78, 5) is 23.9. The van der Waals surface area contributed by atoms with E-state index in [4.69, 9.17) is 10.2 Å². The molecule has 7 nitrogen and oxygen atoms in total. The van der Waals surface area contributed by atoms with Gasteiger partial charge in [-0.2, -0.15) is 0 Å². The molecule has 1 saturated heterocycles. The molecule has 1 aliphatic heterocycles. The fourth-order valence-corrected chi connectivity index (χ4v) is 2.74. The monoisotopic (exact) mass is 301 g/mol. The molecule has 7 heteroatoms. The Balaban J connectivity index is 1.76. The van der Waals surface area contributed by atoms with E-state index in [0.29, 0.717) is 13.1 Å². The fraction of sp³-hybridized carbons (Fsp3) is 0.267. The lowest BCUT2D eigenvalue weighted by molar-refractivity contribution is -0.402. The number of carbonyl (C=O) groups excluding carboxylic acids is 1. The van der Waals surface area contributed by atoms with Gasteiger partial charge < -0.3 is 15.1 Å². The van der Waals surface area contributed by atoms with Crippen LogP contribution in [0.5, 0.6) is 0 Å². The molecule has 2 N–H and O–H groups in total. The molecular weight excluding hydrogens is 286 g/mol. The fourth-order valence-electron chi connectivity index (χ4n) is 2.74. The van der Waals surface area contributed by atoms with Crippen LogP contribution in [0.3, 0.4) is 0 Å². The predicted molar refractivity (Wildman–Crippen MR) is 78.4 cm³/mol. The van der Waals surface area contributed by atoms with Gasteiger partial charge in [-0.15, -0.1) is 0 Å². The summed E-state index contributed by atoms with van der Waals surface area (Å²) in [6.07, 6.45) is 0. The van der Waals surface area contributed by atoms with E-state index in [-0.39, 0.29) is 23.6 Å². The van der Waals surface area contributed by atoms with Crippen molar-refractivity contribution >= 4 is 11.8 Å². The highest BCUT2D eigenvalue weighted by Crippen LogP contribution is 2.28. The van der Waals surface area contributed by atoms with Crippen molar-refractivity contribution in [3.8, 4) is 0 Å². The van der Waals surface area contributed by atoms with Crippen molar-refractivity contribution in [1.82, 2.24) is 4.90 Å². The van der Waals surface area contributed by atoms with Gasteiger partial charge in [0.1, 0.15) is 4.92 Å². The van der Waals surface area contributed by atoms with Crippen LogP contribution in [0.25, 0.3) is 0 Å². The van der Waals surface area contributed by atoms with E-state index >= 15 is 0 Å². The number of carbonyl (C=O) groups is 1. The third-order valence-electron chi connectivity index (χ3n) is 3.86. The maximum absolute atomic E-state index is 12.4. The van der Waals surface area contributed by atoms with Gasteiger partial charge in [0.05, 0.1) is 6.07 Å². The Hall–Kier alpha value is -2.67. The smallest absolute Gasteiger partial charge is 0.395 e. The van der Waals surface area contributed by atoms with Crippen molar-refractivity contribution in [2.24, 2.45) is 5.73 Å². The van der Waals surface area contributed by atoms with E-state index in [1.165, 1.54) is 12.1 Å². The van der Waals surface area contributed by atoms with Crippen LogP contribution in [-0.2, 0) is 0 Å². The first kappa shape index (κ1) is 14.3. The molecular formula is C15H15N3O4. The molecule has 1 amide bonds. The molecule has 2 aromatic rings. The Morgan fingerprint density at radius 2 is 1.95 bits per heavy atom. The second-order valence-electron chi connectivity index (χ2n) is 5.29. The topological polar surface area (TPSA) is 103 Å². The zero-order valence-corrected chi connectivity index (χ0v) is 11.7. The first-order chi connectivity index (χ1) is 10.6. The lowest BCUT2D eigenvalue weighted by atomic mass is 9.95. The molecule has 2 heterocycles. The molecule has 0 unspecified atom stereocenters. The van der Waals surface area contributed by atoms with Gasteiger partial charge in [-0.25, -0.2) is 0 Å². The Morgan fingerprint density at radius 1 is 1.23 bits per heavy atom. The minimum Gasteiger partial charge on any atom is -0.395 e. The Morgan fingerprint density at radius 3 is 2.59 bits per heavy atom. The van der Waals surface area contributed by atoms with Crippen LogP contribution < -0.4 is 5.73 Å². The van der Waals surface area contributed by atoms with E-state index in [0.717, 1.165) is 5.56 Å². The van der Waals surface area contributed by atoms with Gasteiger partial charge in [-0.05, 0) is 11.6 Å². The number of furan rings is 1. The zero-order valence-electron chi connectivity index (χ0n) is 11.7. The molecule has 1 aromatic heterocycles. The summed E-state index contributed by atoms with van der Waals surface area (Å²) in [7, 11) is 0. The van der Waals surface area contributed by atoms with Crippen molar-refractivity contribution in [3.63, 3.8) is 0 Å². The van der Waals surface area contributed by atoms with Gasteiger partial charge in [-0.3, -0.25) is 14.9 Å². The quantitative estimate of drug-likeness (QED) is 0.687. The van der Waals surface area contributed by atoms with Crippen LogP contribution >= 0.6 is 0 Å². The van der Waals surface area contributed by atoms with E-state index in [1.54, 1.807) is 4.90 Å². The molecule has 0 bridgehead atoms. The Kier molecular flexibility index (Phi) is 3.64. The third kappa shape index (κ3) is 2.58. The predicted octanol–water partition coefficient (Wildman–Crippen LogP) is 1.75. The van der Waals surface area contributed by atoms with Crippen LogP contribution in [0.1, 0.15) is 22.0 Å². The SMILES string of the molecule is N[C@@H]1CN(C(=O)c2ccc([N+](=O)[O-])o2)C[C@H]1c1ccccc1. The van der Waals surface area contributed by atoms with Crippen molar-refractivity contribution < 1.29 is 14.1 Å². The highest BCUT2D eigenvalue weighted by Gasteiger charge is 2.35. The molecule has 1 aromatic carbocycles. The number of nitrogens with zero attached hydrogens (tertiary/aromatic N) is 2. The summed E-state index contributed by atoms with van der Waals surface area (Å²) in [5.41, 5.74) is 7.22. The normalized spacial score (nSPS) is 21.0. The Labute approximate surface area is 126 Å². The van der Waals surface area contributed by atoms with Crippen LogP contribution in [0.15, 0.2) is 46.9 Å². The second kappa shape index (κ2) is 5.61. The lowest BCUT2D eigenvalue weighted by Crippen LogP contribution is -2.32. The van der Waals surface area contributed by atoms with Crippen LogP contribution in [0.2, 0.25) is 0 Å². The molecule has 2 atom stereocenters. The van der Waals surface area contributed by atoms with Gasteiger partial charge in [-0.1, -0.05) is 30.3 Å². The maximum atomic E-state index is 12.4. The van der Waals surface area contributed by atoms with Crippen molar-refractivity contribution in [3.05, 3.63) is 63.9 Å². The van der Waals surface area contributed by atoms with E-state index in [2.05, 4.69) is 0 Å². The number of nitro groups is 1. The largest absolute Gasteiger partial charge is 0.433 e. The van der Waals surface area contributed by atoms with Crippen molar-refractivity contribution in [2.45, 2.75) is 12.0 Å². The average Bonchev–Trinajstić information content (AvgIpc) is 3.14. The van der Waals surface area contributed by atoms with Crippen LogP contribution in [0, 0.1) is 10.1 Å². The molecule has 114 valence electrons. The minimum atomic E-state index is -0.667. The van der Waals surface area contributed by atoms with Gasteiger partial charge >= 0.3 is 5.88 Å². The van der Waals surface area contributed by atoms with Crippen LogP contribution in [0.4, 0.5) is 5.88 Å². The molecule has 0 radical (unpaired) electrons. The highest BCUT2D eigenvalue weighted by atomic mass is 16.6. The summed E-state index contributed by atoms with van der Waals surface area (Å²) >= 11 is 0. The van der Waals surface area contributed by atoms with Gasteiger partial charge in [0.15, 0.2) is 5.76 Å². The third-order valence-corrected chi connectivity index (χ3v) is 3.86. The van der Waals surface area contributed by atoms with Crippen molar-refractivity contribution in [1.29, 1.82) is 0 Å². The van der Waals surface area contributed by atoms with Crippen molar-refractivity contribution in [2.75, 3.05) is 13.1 Å². The van der Waals surface area contributed by atoms with Gasteiger partial charge in [0.2, 0.25) is 0 Å². The number of rotatable bonds is 3. The number of hydrogen-bond acceptors (Lipinski definition) is 5. The molecule has 0 saturated carbocycles. The summed E-state index contributed by atoms with van der Waals surface area (Å²) < 4.78 is 4.96. The summed E-state index contributed by atoms with van der Waals surface area (Å²) in [6.45, 7) is 0.866. The van der Waals surface area contributed by atoms with E-state index in [9.17, 15) is 14.9 Å². The molecule has 22 heavy (non-hydrogen) atoms. The first-order valence-corrected chi connectivity index (χ1v) is 6.90. The molecule has 0 aliphatic carbocycles. The molecule has 3 rings (SSSR count). The minimum absolute atomic E-state index is 0.0346. The zero-order chi connectivity index (χ0) is 15.7. The molecule has 0 spiro atoms. The molecule has 1 fully saturated rings. The van der Waals surface area contributed by atoms with Crippen LogP contribution in [-0.4, -0.2) is 34.9 Å². The maximum Gasteiger partial charge on any atom is 0.433 e. The van der Waals surface area contributed by atoms with Gasteiger partial charge in [0, 0.05) is 25.0 Å². The Bertz CT molecular complexity index is 698. The molecule has 1 aliphatic rings. The first-order valence-electron chi connectivity index (χ1n) is 6.90. The second-order valence-corrected chi connectivity index (χ2v) is 5.29. The number of likely N-dealkylation sites (tertiary alicyclic amines) is 1.